The molecule has 1 atom stereocenters. The molecule has 0 aliphatic heterocycles. The van der Waals surface area contributed by atoms with E-state index in [0.29, 0.717) is 6.42 Å². The maximum atomic E-state index is 11.9. The number of carboxylic acids is 2. The van der Waals surface area contributed by atoms with Gasteiger partial charge in [0.15, 0.2) is 0 Å². The maximum absolute atomic E-state index is 11.9. The summed E-state index contributed by atoms with van der Waals surface area (Å²) in [5, 5.41) is 20.1. The molecule has 0 heterocycles. The van der Waals surface area contributed by atoms with Gasteiger partial charge in [-0.15, -0.1) is 0 Å². The number of aliphatic carboxylic acids is 2. The van der Waals surface area contributed by atoms with Gasteiger partial charge in [0, 0.05) is 12.8 Å². The van der Waals surface area contributed by atoms with Gasteiger partial charge in [0.05, 0.1) is 0 Å². The average Bonchev–Trinajstić information content (AvgIpc) is 2.75. The molecule has 0 bridgehead atoms. The van der Waals surface area contributed by atoms with E-state index in [1.54, 1.807) is 0 Å². The maximum Gasteiger partial charge on any atom is 0.326 e. The fourth-order valence-electron chi connectivity index (χ4n) is 3.98. The molecule has 0 aliphatic carbocycles. The smallest absolute Gasteiger partial charge is 0.326 e. The summed E-state index contributed by atoms with van der Waals surface area (Å²) in [5.41, 5.74) is 0. The van der Waals surface area contributed by atoms with Crippen LogP contribution in [0.25, 0.3) is 0 Å². The second-order valence-corrected chi connectivity index (χ2v) is 9.15. The summed E-state index contributed by atoms with van der Waals surface area (Å²) < 4.78 is 0. The van der Waals surface area contributed by atoms with Crippen molar-refractivity contribution in [2.45, 2.75) is 148 Å². The lowest BCUT2D eigenvalue weighted by atomic mass is 10.0. The van der Waals surface area contributed by atoms with Crippen molar-refractivity contribution < 1.29 is 24.6 Å². The molecule has 0 saturated carbocycles. The Morgan fingerprint density at radius 2 is 0.969 bits per heavy atom. The Bertz CT molecular complexity index is 481. The topological polar surface area (TPSA) is 104 Å². The molecule has 0 radical (unpaired) electrons. The number of carbonyl (C=O) groups is 3. The van der Waals surface area contributed by atoms with Crippen LogP contribution in [0.4, 0.5) is 0 Å². The van der Waals surface area contributed by atoms with Crippen LogP contribution >= 0.6 is 0 Å². The summed E-state index contributed by atoms with van der Waals surface area (Å²) in [6.45, 7) is 2.26. The summed E-state index contributed by atoms with van der Waals surface area (Å²) >= 11 is 0. The van der Waals surface area contributed by atoms with Crippen molar-refractivity contribution in [3.8, 4) is 0 Å². The Kier molecular flexibility index (Phi) is 21.5. The summed E-state index contributed by atoms with van der Waals surface area (Å²) in [6.07, 6.45) is 23.1. The molecule has 6 heteroatoms. The Morgan fingerprint density at radius 1 is 0.594 bits per heavy atom. The first-order chi connectivity index (χ1) is 15.5. The van der Waals surface area contributed by atoms with Crippen LogP contribution in [0.2, 0.25) is 0 Å². The third kappa shape index (κ3) is 21.6. The molecule has 0 unspecified atom stereocenters. The second-order valence-electron chi connectivity index (χ2n) is 9.15. The summed E-state index contributed by atoms with van der Waals surface area (Å²) in [7, 11) is 0. The standard InChI is InChI=1S/C26H49NO5/c1-2-3-4-5-6-7-8-9-10-11-12-13-14-15-16-17-18-19-20-24(28)27-23(26(31)32)21-22-25(29)30/h23H,2-22H2,1H3,(H,27,28)(H,29,30)(H,31,32)/t23-/m0/s1. The predicted molar refractivity (Wildman–Crippen MR) is 130 cm³/mol. The van der Waals surface area contributed by atoms with Gasteiger partial charge in [-0.1, -0.05) is 116 Å². The zero-order chi connectivity index (χ0) is 23.9. The minimum atomic E-state index is -1.18. The van der Waals surface area contributed by atoms with Gasteiger partial charge < -0.3 is 15.5 Å². The molecule has 0 aromatic heterocycles. The van der Waals surface area contributed by atoms with E-state index in [4.69, 9.17) is 10.2 Å². The van der Waals surface area contributed by atoms with Gasteiger partial charge in [-0.3, -0.25) is 9.59 Å². The third-order valence-electron chi connectivity index (χ3n) is 6.04. The van der Waals surface area contributed by atoms with E-state index in [-0.39, 0.29) is 18.7 Å². The van der Waals surface area contributed by atoms with E-state index in [1.165, 1.54) is 96.3 Å². The number of rotatable bonds is 24. The molecule has 0 saturated heterocycles. The fourth-order valence-corrected chi connectivity index (χ4v) is 3.98. The number of carboxylic acid groups (broad SMARTS) is 2. The van der Waals surface area contributed by atoms with E-state index in [1.807, 2.05) is 0 Å². The Balaban J connectivity index is 3.38. The van der Waals surface area contributed by atoms with Gasteiger partial charge in [0.25, 0.3) is 0 Å². The van der Waals surface area contributed by atoms with Gasteiger partial charge >= 0.3 is 11.9 Å². The van der Waals surface area contributed by atoms with E-state index in [2.05, 4.69) is 12.2 Å². The number of amides is 1. The van der Waals surface area contributed by atoms with Crippen molar-refractivity contribution >= 4 is 17.8 Å². The van der Waals surface area contributed by atoms with Crippen LogP contribution in [0.15, 0.2) is 0 Å². The highest BCUT2D eigenvalue weighted by atomic mass is 16.4. The molecule has 188 valence electrons. The summed E-state index contributed by atoms with van der Waals surface area (Å²) in [6, 6.07) is -1.12. The van der Waals surface area contributed by atoms with Crippen LogP contribution in [0.5, 0.6) is 0 Å². The number of hydrogen-bond donors (Lipinski definition) is 3. The van der Waals surface area contributed by atoms with Crippen LogP contribution in [0.3, 0.4) is 0 Å². The molecule has 1 amide bonds. The van der Waals surface area contributed by atoms with Gasteiger partial charge in [-0.2, -0.15) is 0 Å². The SMILES string of the molecule is CCCCCCCCCCCCCCCCCCCCC(=O)N[C@@H](CCC(=O)O)C(=O)O. The molecule has 0 aliphatic rings. The number of carbonyl (C=O) groups excluding carboxylic acids is 1. The second kappa shape index (κ2) is 22.6. The minimum Gasteiger partial charge on any atom is -0.481 e. The Hall–Kier alpha value is -1.59. The van der Waals surface area contributed by atoms with E-state index in [9.17, 15) is 14.4 Å². The zero-order valence-corrected chi connectivity index (χ0v) is 20.5. The lowest BCUT2D eigenvalue weighted by molar-refractivity contribution is -0.143. The quantitative estimate of drug-likeness (QED) is 0.138. The van der Waals surface area contributed by atoms with Crippen LogP contribution in [0, 0.1) is 0 Å². The molecular formula is C26H49NO5. The molecule has 0 aromatic rings. The average molecular weight is 456 g/mol. The van der Waals surface area contributed by atoms with Crippen LogP contribution in [0.1, 0.15) is 142 Å². The number of unbranched alkanes of at least 4 members (excludes halogenated alkanes) is 17. The van der Waals surface area contributed by atoms with E-state index in [0.717, 1.165) is 19.3 Å². The van der Waals surface area contributed by atoms with Crippen molar-refractivity contribution in [1.82, 2.24) is 5.32 Å². The van der Waals surface area contributed by atoms with E-state index >= 15 is 0 Å². The number of hydrogen-bond acceptors (Lipinski definition) is 3. The minimum absolute atomic E-state index is 0.0878. The molecule has 0 aromatic carbocycles. The third-order valence-corrected chi connectivity index (χ3v) is 6.04. The Morgan fingerprint density at radius 3 is 1.31 bits per heavy atom. The normalized spacial score (nSPS) is 11.9. The molecule has 0 rings (SSSR count). The zero-order valence-electron chi connectivity index (χ0n) is 20.5. The van der Waals surface area contributed by atoms with Crippen LogP contribution < -0.4 is 5.32 Å². The molecule has 6 nitrogen and oxygen atoms in total. The molecular weight excluding hydrogens is 406 g/mol. The highest BCUT2D eigenvalue weighted by molar-refractivity contribution is 5.83. The van der Waals surface area contributed by atoms with Crippen molar-refractivity contribution in [2.24, 2.45) is 0 Å². The first-order valence-corrected chi connectivity index (χ1v) is 13.2. The fraction of sp³-hybridized carbons (Fsp3) is 0.885. The number of nitrogens with one attached hydrogen (secondary N) is 1. The predicted octanol–water partition coefficient (Wildman–Crippen LogP) is 6.85. The van der Waals surface area contributed by atoms with Crippen molar-refractivity contribution in [1.29, 1.82) is 0 Å². The molecule has 3 N–H and O–H groups in total. The van der Waals surface area contributed by atoms with E-state index < -0.39 is 18.0 Å². The van der Waals surface area contributed by atoms with Crippen LogP contribution in [-0.4, -0.2) is 34.1 Å². The molecule has 0 fully saturated rings. The molecule has 32 heavy (non-hydrogen) atoms. The van der Waals surface area contributed by atoms with Gasteiger partial charge in [0.1, 0.15) is 6.04 Å². The lowest BCUT2D eigenvalue weighted by Gasteiger charge is -2.13. The van der Waals surface area contributed by atoms with Crippen molar-refractivity contribution in [3.05, 3.63) is 0 Å². The van der Waals surface area contributed by atoms with Gasteiger partial charge in [0.2, 0.25) is 5.91 Å². The van der Waals surface area contributed by atoms with Gasteiger partial charge in [-0.05, 0) is 12.8 Å². The summed E-state index contributed by atoms with van der Waals surface area (Å²) in [4.78, 5) is 33.5. The van der Waals surface area contributed by atoms with Crippen LogP contribution in [-0.2, 0) is 14.4 Å². The van der Waals surface area contributed by atoms with Crippen molar-refractivity contribution in [3.63, 3.8) is 0 Å². The molecule has 0 spiro atoms. The van der Waals surface area contributed by atoms with Crippen molar-refractivity contribution in [2.75, 3.05) is 0 Å². The Labute approximate surface area is 195 Å². The summed E-state index contributed by atoms with van der Waals surface area (Å²) in [5.74, 6) is -2.55. The monoisotopic (exact) mass is 455 g/mol. The van der Waals surface area contributed by atoms with Gasteiger partial charge in [-0.25, -0.2) is 4.79 Å². The highest BCUT2D eigenvalue weighted by Crippen LogP contribution is 2.14. The first-order valence-electron chi connectivity index (χ1n) is 13.2. The lowest BCUT2D eigenvalue weighted by Crippen LogP contribution is -2.41. The largest absolute Gasteiger partial charge is 0.481 e. The first kappa shape index (κ1) is 30.4. The highest BCUT2D eigenvalue weighted by Gasteiger charge is 2.20.